The lowest BCUT2D eigenvalue weighted by molar-refractivity contribution is -0.384. The molecule has 31 heavy (non-hydrogen) atoms. The number of nitrogens with one attached hydrogen (secondary N) is 1. The van der Waals surface area contributed by atoms with E-state index in [-0.39, 0.29) is 17.3 Å². The Morgan fingerprint density at radius 1 is 1.00 bits per heavy atom. The normalized spacial score (nSPS) is 10.8. The van der Waals surface area contributed by atoms with Crippen molar-refractivity contribution in [2.24, 2.45) is 0 Å². The molecule has 0 saturated heterocycles. The molecule has 0 spiro atoms. The molecule has 0 fully saturated rings. The molecule has 1 amide bonds. The Bertz CT molecular complexity index is 1280. The molecule has 2 heterocycles. The summed E-state index contributed by atoms with van der Waals surface area (Å²) < 4.78 is 16.1. The molecule has 4 aromatic rings. The van der Waals surface area contributed by atoms with Crippen LogP contribution in [-0.4, -0.2) is 35.4 Å². The standard InChI is InChI=1S/C20H16FN7O3/c1-12-11-18(27(24-12)16-7-9-17(10-8-16)28(30)31)23-20(29)19-22-13(2)26(25-19)15-5-3-14(21)4-6-15/h3-11H,1-2H3,(H,23,29). The zero-order valence-corrected chi connectivity index (χ0v) is 16.5. The summed E-state index contributed by atoms with van der Waals surface area (Å²) in [7, 11) is 0. The van der Waals surface area contributed by atoms with E-state index in [0.29, 0.717) is 28.7 Å². The van der Waals surface area contributed by atoms with Crippen LogP contribution in [0.5, 0.6) is 0 Å². The van der Waals surface area contributed by atoms with Gasteiger partial charge in [0.25, 0.3) is 11.6 Å². The number of carbonyl (C=O) groups is 1. The van der Waals surface area contributed by atoms with Gasteiger partial charge in [-0.15, -0.1) is 5.10 Å². The second kappa shape index (κ2) is 7.78. The molecule has 0 aliphatic rings. The summed E-state index contributed by atoms with van der Waals surface area (Å²) in [4.78, 5) is 27.3. The number of nitro benzene ring substituents is 1. The molecule has 2 aromatic heterocycles. The lowest BCUT2D eigenvalue weighted by Crippen LogP contribution is -2.17. The molecule has 0 radical (unpaired) electrons. The van der Waals surface area contributed by atoms with Crippen molar-refractivity contribution in [3.05, 3.63) is 87.9 Å². The van der Waals surface area contributed by atoms with Crippen molar-refractivity contribution in [3.8, 4) is 11.4 Å². The first kappa shape index (κ1) is 19.9. The van der Waals surface area contributed by atoms with Crippen LogP contribution in [0.15, 0.2) is 54.6 Å². The van der Waals surface area contributed by atoms with Gasteiger partial charge >= 0.3 is 0 Å². The molecule has 156 valence electrons. The van der Waals surface area contributed by atoms with E-state index < -0.39 is 10.8 Å². The quantitative estimate of drug-likeness (QED) is 0.390. The van der Waals surface area contributed by atoms with Crippen molar-refractivity contribution in [1.82, 2.24) is 24.5 Å². The molecule has 0 aliphatic carbocycles. The van der Waals surface area contributed by atoms with Gasteiger partial charge in [-0.25, -0.2) is 18.7 Å². The van der Waals surface area contributed by atoms with Gasteiger partial charge in [0.2, 0.25) is 5.82 Å². The Morgan fingerprint density at radius 3 is 2.26 bits per heavy atom. The molecule has 10 nitrogen and oxygen atoms in total. The van der Waals surface area contributed by atoms with Gasteiger partial charge in [0.05, 0.1) is 22.0 Å². The Morgan fingerprint density at radius 2 is 1.61 bits per heavy atom. The van der Waals surface area contributed by atoms with Crippen LogP contribution >= 0.6 is 0 Å². The Balaban J connectivity index is 1.60. The summed E-state index contributed by atoms with van der Waals surface area (Å²) in [6, 6.07) is 13.1. The van der Waals surface area contributed by atoms with E-state index in [1.54, 1.807) is 19.9 Å². The van der Waals surface area contributed by atoms with Gasteiger partial charge in [-0.1, -0.05) is 0 Å². The number of aromatic nitrogens is 5. The number of nitrogens with zero attached hydrogens (tertiary/aromatic N) is 6. The second-order valence-corrected chi connectivity index (χ2v) is 6.68. The van der Waals surface area contributed by atoms with E-state index in [1.807, 2.05) is 0 Å². The maximum Gasteiger partial charge on any atom is 0.296 e. The first-order valence-corrected chi connectivity index (χ1v) is 9.14. The number of nitro groups is 1. The number of hydrogen-bond donors (Lipinski definition) is 1. The molecule has 4 rings (SSSR count). The lowest BCUT2D eigenvalue weighted by atomic mass is 10.3. The summed E-state index contributed by atoms with van der Waals surface area (Å²) in [6.07, 6.45) is 0. The minimum atomic E-state index is -0.563. The highest BCUT2D eigenvalue weighted by molar-refractivity contribution is 6.01. The Labute approximate surface area is 175 Å². The molecule has 0 bridgehead atoms. The van der Waals surface area contributed by atoms with Crippen LogP contribution in [0, 0.1) is 29.8 Å². The lowest BCUT2D eigenvalue weighted by Gasteiger charge is -2.07. The molecule has 0 atom stereocenters. The monoisotopic (exact) mass is 421 g/mol. The molecule has 0 aliphatic heterocycles. The zero-order chi connectivity index (χ0) is 22.1. The molecule has 0 saturated carbocycles. The third kappa shape index (κ3) is 4.01. The number of amides is 1. The number of carbonyl (C=O) groups excluding carboxylic acids is 1. The summed E-state index contributed by atoms with van der Waals surface area (Å²) in [5.41, 5.74) is 1.69. The highest BCUT2D eigenvalue weighted by Crippen LogP contribution is 2.21. The van der Waals surface area contributed by atoms with E-state index in [4.69, 9.17) is 0 Å². The fraction of sp³-hybridized carbons (Fsp3) is 0.100. The number of aryl methyl sites for hydroxylation is 2. The third-order valence-corrected chi connectivity index (χ3v) is 4.42. The van der Waals surface area contributed by atoms with Crippen LogP contribution in [0.4, 0.5) is 15.9 Å². The topological polar surface area (TPSA) is 121 Å². The number of non-ortho nitro benzene ring substituents is 1. The van der Waals surface area contributed by atoms with Crippen LogP contribution in [0.2, 0.25) is 0 Å². The van der Waals surface area contributed by atoms with E-state index >= 15 is 0 Å². The van der Waals surface area contributed by atoms with Gasteiger partial charge in [0, 0.05) is 18.2 Å². The summed E-state index contributed by atoms with van der Waals surface area (Å²) in [5.74, 6) is -0.207. The molecule has 11 heteroatoms. The van der Waals surface area contributed by atoms with Gasteiger partial charge in [-0.3, -0.25) is 14.9 Å². The minimum Gasteiger partial charge on any atom is -0.304 e. The first-order chi connectivity index (χ1) is 14.8. The minimum absolute atomic E-state index is 0.0516. The van der Waals surface area contributed by atoms with E-state index in [2.05, 4.69) is 20.5 Å². The molecular weight excluding hydrogens is 405 g/mol. The largest absolute Gasteiger partial charge is 0.304 e. The van der Waals surface area contributed by atoms with E-state index in [0.717, 1.165) is 0 Å². The number of halogens is 1. The molecule has 2 aromatic carbocycles. The second-order valence-electron chi connectivity index (χ2n) is 6.68. The van der Waals surface area contributed by atoms with Crippen molar-refractivity contribution in [2.75, 3.05) is 5.32 Å². The number of benzene rings is 2. The predicted molar refractivity (Wildman–Crippen MR) is 109 cm³/mol. The van der Waals surface area contributed by atoms with E-state index in [1.165, 1.54) is 57.9 Å². The van der Waals surface area contributed by atoms with Gasteiger partial charge in [-0.2, -0.15) is 5.10 Å². The third-order valence-electron chi connectivity index (χ3n) is 4.42. The SMILES string of the molecule is Cc1cc(NC(=O)c2nc(C)n(-c3ccc(F)cc3)n2)n(-c2ccc([N+](=O)[O-])cc2)n1. The van der Waals surface area contributed by atoms with Crippen molar-refractivity contribution in [2.45, 2.75) is 13.8 Å². The number of hydrogen-bond acceptors (Lipinski definition) is 6. The van der Waals surface area contributed by atoms with Crippen molar-refractivity contribution < 1.29 is 14.1 Å². The average Bonchev–Trinajstić information content (AvgIpc) is 3.31. The Hall–Kier alpha value is -4.41. The average molecular weight is 421 g/mol. The summed E-state index contributed by atoms with van der Waals surface area (Å²) in [6.45, 7) is 3.43. The van der Waals surface area contributed by atoms with Crippen molar-refractivity contribution >= 4 is 17.4 Å². The predicted octanol–water partition coefficient (Wildman–Crippen LogP) is 3.37. The van der Waals surface area contributed by atoms with Crippen LogP contribution in [-0.2, 0) is 0 Å². The van der Waals surface area contributed by atoms with Gasteiger partial charge in [0.1, 0.15) is 17.5 Å². The van der Waals surface area contributed by atoms with E-state index in [9.17, 15) is 19.3 Å². The van der Waals surface area contributed by atoms with Gasteiger partial charge < -0.3 is 5.32 Å². The highest BCUT2D eigenvalue weighted by atomic mass is 19.1. The van der Waals surface area contributed by atoms with Crippen molar-refractivity contribution in [3.63, 3.8) is 0 Å². The summed E-state index contributed by atoms with van der Waals surface area (Å²) in [5, 5.41) is 22.1. The van der Waals surface area contributed by atoms with Crippen LogP contribution in [0.25, 0.3) is 11.4 Å². The highest BCUT2D eigenvalue weighted by Gasteiger charge is 2.18. The smallest absolute Gasteiger partial charge is 0.296 e. The fourth-order valence-corrected chi connectivity index (χ4v) is 2.99. The summed E-state index contributed by atoms with van der Waals surface area (Å²) >= 11 is 0. The maximum absolute atomic E-state index is 13.2. The van der Waals surface area contributed by atoms with Crippen molar-refractivity contribution in [1.29, 1.82) is 0 Å². The number of anilines is 1. The maximum atomic E-state index is 13.2. The van der Waals surface area contributed by atoms with Crippen LogP contribution < -0.4 is 5.32 Å². The molecular formula is C20H16FN7O3. The van der Waals surface area contributed by atoms with Crippen LogP contribution in [0.1, 0.15) is 22.1 Å². The first-order valence-electron chi connectivity index (χ1n) is 9.14. The van der Waals surface area contributed by atoms with Gasteiger partial charge in [-0.05, 0) is 50.2 Å². The number of rotatable bonds is 5. The molecule has 0 unspecified atom stereocenters. The Kier molecular flexibility index (Phi) is 4.99. The molecule has 1 N–H and O–H groups in total. The van der Waals surface area contributed by atoms with Gasteiger partial charge in [0.15, 0.2) is 0 Å². The zero-order valence-electron chi connectivity index (χ0n) is 16.5. The van der Waals surface area contributed by atoms with Crippen LogP contribution in [0.3, 0.4) is 0 Å². The fourth-order valence-electron chi connectivity index (χ4n) is 2.99.